The molecule has 0 amide bonds. The van der Waals surface area contributed by atoms with Gasteiger partial charge in [0.1, 0.15) is 0 Å². The number of hydrogen-bond donors (Lipinski definition) is 1. The average molecular weight is 333 g/mol. The molecule has 0 bridgehead atoms. The Bertz CT molecular complexity index is 699. The molecule has 0 atom stereocenters. The number of hydrazone groups is 1. The van der Waals surface area contributed by atoms with Crippen molar-refractivity contribution >= 4 is 23.5 Å². The first-order chi connectivity index (χ1) is 11.0. The van der Waals surface area contributed by atoms with E-state index in [1.807, 2.05) is 57.2 Å². The highest BCUT2D eigenvalue weighted by atomic mass is 35.5. The Labute approximate surface area is 142 Å². The fraction of sp³-hybridized carbons (Fsp3) is 0.278. The monoisotopic (exact) mass is 332 g/mol. The fourth-order valence-electron chi connectivity index (χ4n) is 1.96. The predicted octanol–water partition coefficient (Wildman–Crippen LogP) is 4.89. The number of halogens is 1. The second-order valence-corrected chi connectivity index (χ2v) is 5.82. The number of aryl methyl sites for hydroxylation is 1. The van der Waals surface area contributed by atoms with Crippen LogP contribution in [0.5, 0.6) is 11.5 Å². The molecule has 0 radical (unpaired) electrons. The van der Waals surface area contributed by atoms with Gasteiger partial charge in [0.25, 0.3) is 0 Å². The topological polar surface area (TPSA) is 42.8 Å². The molecule has 5 heteroatoms. The summed E-state index contributed by atoms with van der Waals surface area (Å²) in [5.74, 6) is 1.40. The summed E-state index contributed by atoms with van der Waals surface area (Å²) in [4.78, 5) is 0. The van der Waals surface area contributed by atoms with Crippen molar-refractivity contribution in [3.63, 3.8) is 0 Å². The largest absolute Gasteiger partial charge is 0.493 e. The molecule has 122 valence electrons. The van der Waals surface area contributed by atoms with Crippen LogP contribution in [0.4, 0.5) is 5.69 Å². The second-order valence-electron chi connectivity index (χ2n) is 5.41. The van der Waals surface area contributed by atoms with Gasteiger partial charge >= 0.3 is 0 Å². The van der Waals surface area contributed by atoms with Crippen LogP contribution < -0.4 is 14.9 Å². The number of ether oxygens (including phenoxy) is 2. The standard InChI is InChI=1S/C18H21ClN2O2/c1-12(2)23-17-8-6-14(9-18(17)22-4)11-20-21-15-7-5-13(3)16(19)10-15/h5-12,21H,1-4H3/b20-11+. The maximum Gasteiger partial charge on any atom is 0.161 e. The van der Waals surface area contributed by atoms with Gasteiger partial charge in [-0.25, -0.2) is 0 Å². The van der Waals surface area contributed by atoms with Crippen LogP contribution in [-0.2, 0) is 0 Å². The van der Waals surface area contributed by atoms with E-state index in [1.54, 1.807) is 13.3 Å². The molecule has 2 aromatic rings. The first-order valence-electron chi connectivity index (χ1n) is 7.39. The molecular formula is C18H21ClN2O2. The van der Waals surface area contributed by atoms with E-state index in [-0.39, 0.29) is 6.10 Å². The average Bonchev–Trinajstić information content (AvgIpc) is 2.51. The molecular weight excluding hydrogens is 312 g/mol. The molecule has 4 nitrogen and oxygen atoms in total. The first-order valence-corrected chi connectivity index (χ1v) is 7.77. The maximum absolute atomic E-state index is 6.09. The van der Waals surface area contributed by atoms with E-state index in [4.69, 9.17) is 21.1 Å². The summed E-state index contributed by atoms with van der Waals surface area (Å²) in [5, 5.41) is 4.93. The number of nitrogens with zero attached hydrogens (tertiary/aromatic N) is 1. The zero-order valence-corrected chi connectivity index (χ0v) is 14.5. The van der Waals surface area contributed by atoms with Gasteiger partial charge in [-0.3, -0.25) is 5.43 Å². The number of hydrogen-bond acceptors (Lipinski definition) is 4. The Morgan fingerprint density at radius 2 is 1.91 bits per heavy atom. The Kier molecular flexibility index (Phi) is 5.88. The van der Waals surface area contributed by atoms with E-state index in [0.29, 0.717) is 10.8 Å². The number of rotatable bonds is 6. The summed E-state index contributed by atoms with van der Waals surface area (Å²) in [6.07, 6.45) is 1.81. The van der Waals surface area contributed by atoms with Crippen LogP contribution in [0.25, 0.3) is 0 Å². The van der Waals surface area contributed by atoms with Gasteiger partial charge in [0.15, 0.2) is 11.5 Å². The lowest BCUT2D eigenvalue weighted by molar-refractivity contribution is 0.230. The number of nitrogens with one attached hydrogen (secondary N) is 1. The summed E-state index contributed by atoms with van der Waals surface area (Å²) in [7, 11) is 1.62. The van der Waals surface area contributed by atoms with E-state index >= 15 is 0 Å². The van der Waals surface area contributed by atoms with Crippen molar-refractivity contribution < 1.29 is 9.47 Å². The minimum atomic E-state index is 0.0939. The highest BCUT2D eigenvalue weighted by Crippen LogP contribution is 2.28. The van der Waals surface area contributed by atoms with Crippen molar-refractivity contribution in [2.45, 2.75) is 26.9 Å². The highest BCUT2D eigenvalue weighted by molar-refractivity contribution is 6.31. The summed E-state index contributed by atoms with van der Waals surface area (Å²) in [6.45, 7) is 5.92. The smallest absolute Gasteiger partial charge is 0.161 e. The third kappa shape index (κ3) is 4.89. The summed E-state index contributed by atoms with van der Waals surface area (Å²) < 4.78 is 11.0. The summed E-state index contributed by atoms with van der Waals surface area (Å²) in [6, 6.07) is 11.4. The number of benzene rings is 2. The third-order valence-electron chi connectivity index (χ3n) is 3.13. The Balaban J connectivity index is 2.08. The van der Waals surface area contributed by atoms with Gasteiger partial charge in [-0.1, -0.05) is 17.7 Å². The van der Waals surface area contributed by atoms with Gasteiger partial charge in [-0.2, -0.15) is 5.10 Å². The zero-order valence-electron chi connectivity index (χ0n) is 13.8. The minimum absolute atomic E-state index is 0.0939. The lowest BCUT2D eigenvalue weighted by Crippen LogP contribution is -2.06. The molecule has 0 aliphatic carbocycles. The van der Waals surface area contributed by atoms with Gasteiger partial charge in [-0.05, 0) is 62.2 Å². The van der Waals surface area contributed by atoms with Crippen molar-refractivity contribution in [3.05, 3.63) is 52.5 Å². The molecule has 1 N–H and O–H groups in total. The molecule has 2 aromatic carbocycles. The molecule has 0 saturated heterocycles. The van der Waals surface area contributed by atoms with Crippen LogP contribution >= 0.6 is 11.6 Å². The molecule has 0 heterocycles. The van der Waals surface area contributed by atoms with E-state index < -0.39 is 0 Å². The van der Waals surface area contributed by atoms with Crippen LogP contribution in [0.2, 0.25) is 5.02 Å². The van der Waals surface area contributed by atoms with Crippen molar-refractivity contribution in [1.82, 2.24) is 0 Å². The molecule has 0 saturated carbocycles. The SMILES string of the molecule is COc1cc(/C=N/Nc2ccc(C)c(Cl)c2)ccc1OC(C)C. The number of methoxy groups -OCH3 is 1. The Hall–Kier alpha value is -2.20. The second kappa shape index (κ2) is 7.88. The summed E-state index contributed by atoms with van der Waals surface area (Å²) >= 11 is 6.09. The van der Waals surface area contributed by atoms with E-state index in [2.05, 4.69) is 10.5 Å². The lowest BCUT2D eigenvalue weighted by atomic mass is 10.2. The Morgan fingerprint density at radius 1 is 1.13 bits per heavy atom. The molecule has 0 fully saturated rings. The maximum atomic E-state index is 6.09. The van der Waals surface area contributed by atoms with Crippen LogP contribution in [0.15, 0.2) is 41.5 Å². The van der Waals surface area contributed by atoms with Crippen LogP contribution in [0.1, 0.15) is 25.0 Å². The van der Waals surface area contributed by atoms with Crippen LogP contribution in [0, 0.1) is 6.92 Å². The predicted molar refractivity (Wildman–Crippen MR) is 96.2 cm³/mol. The molecule has 2 rings (SSSR count). The molecule has 23 heavy (non-hydrogen) atoms. The molecule has 0 aliphatic heterocycles. The van der Waals surface area contributed by atoms with Crippen molar-refractivity contribution in [2.75, 3.05) is 12.5 Å². The summed E-state index contributed by atoms with van der Waals surface area (Å²) in [5.41, 5.74) is 5.74. The van der Waals surface area contributed by atoms with Crippen LogP contribution in [0.3, 0.4) is 0 Å². The lowest BCUT2D eigenvalue weighted by Gasteiger charge is -2.13. The van der Waals surface area contributed by atoms with E-state index in [1.165, 1.54) is 0 Å². The third-order valence-corrected chi connectivity index (χ3v) is 3.54. The molecule has 0 spiro atoms. The molecule has 0 unspecified atom stereocenters. The minimum Gasteiger partial charge on any atom is -0.493 e. The normalized spacial score (nSPS) is 11.0. The first kappa shape index (κ1) is 17.2. The highest BCUT2D eigenvalue weighted by Gasteiger charge is 2.06. The van der Waals surface area contributed by atoms with Gasteiger partial charge in [0.05, 0.1) is 25.1 Å². The van der Waals surface area contributed by atoms with Gasteiger partial charge < -0.3 is 9.47 Å². The Morgan fingerprint density at radius 3 is 2.57 bits per heavy atom. The van der Waals surface area contributed by atoms with Gasteiger partial charge in [-0.15, -0.1) is 0 Å². The van der Waals surface area contributed by atoms with Crippen LogP contribution in [-0.4, -0.2) is 19.4 Å². The van der Waals surface area contributed by atoms with E-state index in [0.717, 1.165) is 22.6 Å². The van der Waals surface area contributed by atoms with Gasteiger partial charge in [0, 0.05) is 5.02 Å². The number of anilines is 1. The van der Waals surface area contributed by atoms with Gasteiger partial charge in [0.2, 0.25) is 0 Å². The molecule has 0 aromatic heterocycles. The van der Waals surface area contributed by atoms with Crippen molar-refractivity contribution in [1.29, 1.82) is 0 Å². The van der Waals surface area contributed by atoms with E-state index in [9.17, 15) is 0 Å². The van der Waals surface area contributed by atoms with Crippen molar-refractivity contribution in [3.8, 4) is 11.5 Å². The molecule has 0 aliphatic rings. The van der Waals surface area contributed by atoms with Crippen molar-refractivity contribution in [2.24, 2.45) is 5.10 Å². The fourth-order valence-corrected chi connectivity index (χ4v) is 2.14. The zero-order chi connectivity index (χ0) is 16.8. The quantitative estimate of drug-likeness (QED) is 0.605.